The fourth-order valence-corrected chi connectivity index (χ4v) is 3.85. The molecule has 1 aliphatic heterocycles. The van der Waals surface area contributed by atoms with Crippen molar-refractivity contribution in [3.63, 3.8) is 0 Å². The number of pyridine rings is 1. The quantitative estimate of drug-likeness (QED) is 0.808. The number of fused-ring (bicyclic) bond motifs is 1. The highest BCUT2D eigenvalue weighted by Crippen LogP contribution is 2.42. The van der Waals surface area contributed by atoms with Gasteiger partial charge >= 0.3 is 0 Å². The molecule has 28 heavy (non-hydrogen) atoms. The van der Waals surface area contributed by atoms with E-state index >= 15 is 0 Å². The molecule has 0 saturated heterocycles. The van der Waals surface area contributed by atoms with Crippen LogP contribution in [0.5, 0.6) is 0 Å². The molecule has 1 aromatic heterocycles. The molecule has 2 aromatic rings. The van der Waals surface area contributed by atoms with Gasteiger partial charge in [0.15, 0.2) is 0 Å². The fraction of sp³-hybridized carbons (Fsp3) is 0.409. The van der Waals surface area contributed by atoms with E-state index in [2.05, 4.69) is 15.3 Å². The monoisotopic (exact) mass is 379 g/mol. The van der Waals surface area contributed by atoms with Crippen molar-refractivity contribution in [2.24, 2.45) is 4.99 Å². The standard InChI is InChI=1S/C22H25N3O3/c1-2-28-21-18-14-23-17(11-16(18)13-24-21)12-19(26)25-20(22(27)9-6-10-22)15-7-4-3-5-8-15/h3-5,7-8,11,14,20,27H,2,6,9-10,12-13H2,1H3,(H,25,26)/t20-/m0/s1. The number of hydrogen-bond donors (Lipinski definition) is 2. The molecule has 6 nitrogen and oxygen atoms in total. The molecule has 1 aliphatic carbocycles. The van der Waals surface area contributed by atoms with Gasteiger partial charge in [-0.25, -0.2) is 4.99 Å². The van der Waals surface area contributed by atoms with Crippen molar-refractivity contribution in [2.75, 3.05) is 6.61 Å². The van der Waals surface area contributed by atoms with E-state index in [9.17, 15) is 9.90 Å². The van der Waals surface area contributed by atoms with Crippen molar-refractivity contribution < 1.29 is 14.6 Å². The number of nitrogens with zero attached hydrogens (tertiary/aromatic N) is 2. The summed E-state index contributed by atoms with van der Waals surface area (Å²) >= 11 is 0. The van der Waals surface area contributed by atoms with Crippen LogP contribution < -0.4 is 5.32 Å². The molecule has 4 rings (SSSR count). The van der Waals surface area contributed by atoms with Gasteiger partial charge in [-0.15, -0.1) is 0 Å². The van der Waals surface area contributed by atoms with Gasteiger partial charge in [0.05, 0.1) is 42.5 Å². The fourth-order valence-electron chi connectivity index (χ4n) is 3.85. The number of benzene rings is 1. The Kier molecular flexibility index (Phi) is 5.13. The van der Waals surface area contributed by atoms with Crippen LogP contribution in [0.2, 0.25) is 0 Å². The number of nitrogens with one attached hydrogen (secondary N) is 1. The molecule has 1 amide bonds. The summed E-state index contributed by atoms with van der Waals surface area (Å²) in [6, 6.07) is 11.2. The minimum Gasteiger partial charge on any atom is -0.478 e. The molecule has 1 fully saturated rings. The van der Waals surface area contributed by atoms with E-state index < -0.39 is 11.6 Å². The van der Waals surface area contributed by atoms with E-state index in [1.165, 1.54) is 0 Å². The third-order valence-corrected chi connectivity index (χ3v) is 5.49. The molecule has 146 valence electrons. The topological polar surface area (TPSA) is 83.8 Å². The molecule has 0 bridgehead atoms. The van der Waals surface area contributed by atoms with Crippen molar-refractivity contribution in [3.05, 3.63) is 65.0 Å². The summed E-state index contributed by atoms with van der Waals surface area (Å²) in [5.41, 5.74) is 2.67. The predicted molar refractivity (Wildman–Crippen MR) is 106 cm³/mol. The second-order valence-corrected chi connectivity index (χ2v) is 7.43. The summed E-state index contributed by atoms with van der Waals surface area (Å²) in [5.74, 6) is 0.475. The van der Waals surface area contributed by atoms with Gasteiger partial charge in [-0.05, 0) is 43.4 Å². The maximum absolute atomic E-state index is 12.7. The van der Waals surface area contributed by atoms with Gasteiger partial charge in [0.2, 0.25) is 11.8 Å². The highest BCUT2D eigenvalue weighted by molar-refractivity contribution is 5.97. The summed E-state index contributed by atoms with van der Waals surface area (Å²) < 4.78 is 5.51. The first-order valence-electron chi connectivity index (χ1n) is 9.81. The van der Waals surface area contributed by atoms with Gasteiger partial charge in [0.1, 0.15) is 0 Å². The van der Waals surface area contributed by atoms with Gasteiger partial charge in [0.25, 0.3) is 0 Å². The Bertz CT molecular complexity index is 891. The van der Waals surface area contributed by atoms with Crippen molar-refractivity contribution in [2.45, 2.75) is 50.8 Å². The summed E-state index contributed by atoms with van der Waals surface area (Å²) in [7, 11) is 0. The predicted octanol–water partition coefficient (Wildman–Crippen LogP) is 2.69. The number of aliphatic imine (C=N–C) groups is 1. The minimum absolute atomic E-state index is 0.148. The highest BCUT2D eigenvalue weighted by Gasteiger charge is 2.43. The van der Waals surface area contributed by atoms with E-state index in [-0.39, 0.29) is 12.3 Å². The van der Waals surface area contributed by atoms with Crippen LogP contribution in [-0.2, 0) is 22.5 Å². The third kappa shape index (κ3) is 3.64. The molecular formula is C22H25N3O3. The first-order chi connectivity index (χ1) is 13.6. The van der Waals surface area contributed by atoms with Crippen LogP contribution in [0.25, 0.3) is 0 Å². The Morgan fingerprint density at radius 3 is 2.79 bits per heavy atom. The zero-order chi connectivity index (χ0) is 19.6. The molecule has 2 aliphatic rings. The molecule has 6 heteroatoms. The molecule has 1 saturated carbocycles. The number of ether oxygens (including phenoxy) is 1. The first-order valence-corrected chi connectivity index (χ1v) is 9.81. The first kappa shape index (κ1) is 18.6. The number of amides is 1. The summed E-state index contributed by atoms with van der Waals surface area (Å²) in [4.78, 5) is 21.5. The SMILES string of the molecule is CCOC1=NCc2cc(CC(=O)N[C@@H](c3ccccc3)C3(O)CCC3)ncc21. The van der Waals surface area contributed by atoms with E-state index in [0.29, 0.717) is 37.6 Å². The number of carbonyl (C=O) groups excluding carboxylic acids is 1. The number of aromatic nitrogens is 1. The minimum atomic E-state index is -0.872. The maximum Gasteiger partial charge on any atom is 0.226 e. The third-order valence-electron chi connectivity index (χ3n) is 5.49. The van der Waals surface area contributed by atoms with Crippen LogP contribution in [0.15, 0.2) is 47.6 Å². The molecule has 0 spiro atoms. The number of aliphatic hydroxyl groups is 1. The smallest absolute Gasteiger partial charge is 0.226 e. The molecule has 1 aromatic carbocycles. The molecular weight excluding hydrogens is 354 g/mol. The highest BCUT2D eigenvalue weighted by atomic mass is 16.5. The second-order valence-electron chi connectivity index (χ2n) is 7.43. The zero-order valence-corrected chi connectivity index (χ0v) is 16.0. The van der Waals surface area contributed by atoms with Crippen molar-refractivity contribution in [1.82, 2.24) is 10.3 Å². The Balaban J connectivity index is 1.46. The average Bonchev–Trinajstić information content (AvgIpc) is 3.07. The second kappa shape index (κ2) is 7.72. The van der Waals surface area contributed by atoms with Crippen LogP contribution >= 0.6 is 0 Å². The number of carbonyl (C=O) groups is 1. The van der Waals surface area contributed by atoms with Crippen LogP contribution in [0.1, 0.15) is 54.6 Å². The van der Waals surface area contributed by atoms with E-state index in [1.54, 1.807) is 6.20 Å². The summed E-state index contributed by atoms with van der Waals surface area (Å²) in [6.45, 7) is 3.03. The van der Waals surface area contributed by atoms with Gasteiger partial charge < -0.3 is 15.2 Å². The summed E-state index contributed by atoms with van der Waals surface area (Å²) in [6.07, 6.45) is 4.26. The molecule has 0 unspecified atom stereocenters. The Morgan fingerprint density at radius 2 is 2.11 bits per heavy atom. The summed E-state index contributed by atoms with van der Waals surface area (Å²) in [5, 5.41) is 13.9. The van der Waals surface area contributed by atoms with Gasteiger partial charge in [-0.1, -0.05) is 30.3 Å². The van der Waals surface area contributed by atoms with Gasteiger partial charge in [-0.2, -0.15) is 0 Å². The van der Waals surface area contributed by atoms with Crippen LogP contribution in [0.3, 0.4) is 0 Å². The number of hydrogen-bond acceptors (Lipinski definition) is 5. The van der Waals surface area contributed by atoms with Crippen molar-refractivity contribution >= 4 is 11.8 Å². The van der Waals surface area contributed by atoms with Gasteiger partial charge in [-0.3, -0.25) is 9.78 Å². The van der Waals surface area contributed by atoms with E-state index in [1.807, 2.05) is 43.3 Å². The molecule has 2 heterocycles. The molecule has 0 radical (unpaired) electrons. The normalized spacial score (nSPS) is 17.9. The molecule has 1 atom stereocenters. The molecule has 2 N–H and O–H groups in total. The van der Waals surface area contributed by atoms with Crippen molar-refractivity contribution in [1.29, 1.82) is 0 Å². The van der Waals surface area contributed by atoms with Crippen molar-refractivity contribution in [3.8, 4) is 0 Å². The Morgan fingerprint density at radius 1 is 1.32 bits per heavy atom. The van der Waals surface area contributed by atoms with Crippen LogP contribution in [-0.4, -0.2) is 34.1 Å². The van der Waals surface area contributed by atoms with E-state index in [0.717, 1.165) is 23.1 Å². The lowest BCUT2D eigenvalue weighted by Crippen LogP contribution is -2.50. The van der Waals surface area contributed by atoms with E-state index in [4.69, 9.17) is 4.74 Å². The van der Waals surface area contributed by atoms with Gasteiger partial charge in [0, 0.05) is 6.20 Å². The lowest BCUT2D eigenvalue weighted by molar-refractivity contribution is -0.126. The number of rotatable bonds is 6. The lowest BCUT2D eigenvalue weighted by Gasteiger charge is -2.43. The van der Waals surface area contributed by atoms with Crippen LogP contribution in [0, 0.1) is 0 Å². The average molecular weight is 379 g/mol. The lowest BCUT2D eigenvalue weighted by atomic mass is 9.72. The van der Waals surface area contributed by atoms with Crippen LogP contribution in [0.4, 0.5) is 0 Å². The zero-order valence-electron chi connectivity index (χ0n) is 16.0. The maximum atomic E-state index is 12.7. The largest absolute Gasteiger partial charge is 0.478 e. The Hall–Kier alpha value is -2.73. The Labute approximate surface area is 164 Å².